The topological polar surface area (TPSA) is 108 Å². The van der Waals surface area contributed by atoms with Crippen molar-refractivity contribution in [3.8, 4) is 5.75 Å². The molecule has 0 bridgehead atoms. The molecule has 0 saturated carbocycles. The van der Waals surface area contributed by atoms with E-state index in [0.717, 1.165) is 11.1 Å². The lowest BCUT2D eigenvalue weighted by Gasteiger charge is -2.17. The summed E-state index contributed by atoms with van der Waals surface area (Å²) in [5.41, 5.74) is 1.84. The molecule has 1 atom stereocenters. The van der Waals surface area contributed by atoms with Crippen molar-refractivity contribution < 1.29 is 24.0 Å². The Morgan fingerprint density at radius 2 is 1.79 bits per heavy atom. The van der Waals surface area contributed by atoms with Gasteiger partial charge in [0, 0.05) is 6.07 Å². The molecule has 0 saturated heterocycles. The second-order valence-corrected chi connectivity index (χ2v) is 6.11. The Morgan fingerprint density at radius 3 is 2.43 bits per heavy atom. The molecule has 148 valence electrons. The highest BCUT2D eigenvalue weighted by molar-refractivity contribution is 5.81. The van der Waals surface area contributed by atoms with E-state index in [9.17, 15) is 19.7 Å². The zero-order chi connectivity index (χ0) is 20.5. The second kappa shape index (κ2) is 10.1. The average molecular weight is 386 g/mol. The number of nitro benzene ring substituents is 1. The minimum absolute atomic E-state index is 0.0423. The molecule has 0 unspecified atom stereocenters. The van der Waals surface area contributed by atoms with Crippen LogP contribution in [0.5, 0.6) is 5.75 Å². The molecule has 2 rings (SSSR count). The number of hydrogen-bond donors (Lipinski definition) is 1. The Hall–Kier alpha value is -3.42. The van der Waals surface area contributed by atoms with E-state index in [4.69, 9.17) is 9.47 Å². The smallest absolute Gasteiger partial charge is 0.344 e. The molecule has 2 aromatic carbocycles. The van der Waals surface area contributed by atoms with Crippen molar-refractivity contribution in [2.24, 2.45) is 0 Å². The van der Waals surface area contributed by atoms with Crippen LogP contribution in [0.1, 0.15) is 30.5 Å². The Labute approximate surface area is 162 Å². The number of nitrogens with zero attached hydrogens (tertiary/aromatic N) is 1. The van der Waals surface area contributed by atoms with E-state index in [1.165, 1.54) is 18.2 Å². The standard InChI is InChI=1S/C20H22N2O6/c1-3-16(15-10-8-14(2)9-11-15)21-19(23)12-28-20(24)13-27-18-7-5-4-6-17(18)22(25)26/h4-11,16H,3,12-13H2,1-2H3,(H,21,23)/t16-/m0/s1. The van der Waals surface area contributed by atoms with Crippen LogP contribution in [-0.4, -0.2) is 30.0 Å². The highest BCUT2D eigenvalue weighted by atomic mass is 16.6. The van der Waals surface area contributed by atoms with Gasteiger partial charge in [0.25, 0.3) is 5.91 Å². The number of aryl methyl sites for hydroxylation is 1. The van der Waals surface area contributed by atoms with Crippen LogP contribution in [0.3, 0.4) is 0 Å². The zero-order valence-corrected chi connectivity index (χ0v) is 15.7. The number of ether oxygens (including phenoxy) is 2. The van der Waals surface area contributed by atoms with E-state index >= 15 is 0 Å². The molecular weight excluding hydrogens is 364 g/mol. The highest BCUT2D eigenvalue weighted by Gasteiger charge is 2.17. The van der Waals surface area contributed by atoms with Crippen LogP contribution in [0.25, 0.3) is 0 Å². The van der Waals surface area contributed by atoms with Crippen LogP contribution in [0.15, 0.2) is 48.5 Å². The Morgan fingerprint density at radius 1 is 1.11 bits per heavy atom. The number of esters is 1. The van der Waals surface area contributed by atoms with Crippen molar-refractivity contribution in [1.29, 1.82) is 0 Å². The summed E-state index contributed by atoms with van der Waals surface area (Å²) < 4.78 is 10.0. The molecule has 1 N–H and O–H groups in total. The van der Waals surface area contributed by atoms with Gasteiger partial charge in [0.1, 0.15) is 0 Å². The minimum atomic E-state index is -0.795. The number of rotatable bonds is 9. The maximum Gasteiger partial charge on any atom is 0.344 e. The Bertz CT molecular complexity index is 835. The maximum atomic E-state index is 12.1. The third-order valence-corrected chi connectivity index (χ3v) is 3.99. The van der Waals surface area contributed by atoms with Gasteiger partial charge in [-0.05, 0) is 25.0 Å². The van der Waals surface area contributed by atoms with Crippen LogP contribution in [0.2, 0.25) is 0 Å². The SMILES string of the molecule is CC[C@H](NC(=O)COC(=O)COc1ccccc1[N+](=O)[O-])c1ccc(C)cc1. The van der Waals surface area contributed by atoms with E-state index in [2.05, 4.69) is 5.32 Å². The summed E-state index contributed by atoms with van der Waals surface area (Å²) in [6, 6.07) is 13.3. The molecule has 1 amide bonds. The molecule has 0 aliphatic heterocycles. The summed E-state index contributed by atoms with van der Waals surface area (Å²) in [7, 11) is 0. The Balaban J connectivity index is 1.81. The van der Waals surface area contributed by atoms with Crippen molar-refractivity contribution in [1.82, 2.24) is 5.32 Å². The molecule has 0 spiro atoms. The van der Waals surface area contributed by atoms with Gasteiger partial charge in [0.05, 0.1) is 11.0 Å². The van der Waals surface area contributed by atoms with Crippen molar-refractivity contribution in [2.45, 2.75) is 26.3 Å². The molecule has 0 radical (unpaired) electrons. The molecule has 0 aliphatic rings. The third kappa shape index (κ3) is 6.08. The van der Waals surface area contributed by atoms with Crippen molar-refractivity contribution in [3.63, 3.8) is 0 Å². The predicted octanol–water partition coefficient (Wildman–Crippen LogP) is 3.09. The van der Waals surface area contributed by atoms with E-state index in [-0.39, 0.29) is 17.5 Å². The highest BCUT2D eigenvalue weighted by Crippen LogP contribution is 2.25. The lowest BCUT2D eigenvalue weighted by Crippen LogP contribution is -2.33. The van der Waals surface area contributed by atoms with Gasteiger partial charge in [-0.3, -0.25) is 14.9 Å². The van der Waals surface area contributed by atoms with Gasteiger partial charge in [0.2, 0.25) is 0 Å². The zero-order valence-electron chi connectivity index (χ0n) is 15.7. The number of carbonyl (C=O) groups excluding carboxylic acids is 2. The van der Waals surface area contributed by atoms with E-state index < -0.39 is 30.0 Å². The van der Waals surface area contributed by atoms with Gasteiger partial charge < -0.3 is 14.8 Å². The summed E-state index contributed by atoms with van der Waals surface area (Å²) in [4.78, 5) is 34.1. The number of amides is 1. The fourth-order valence-corrected chi connectivity index (χ4v) is 2.51. The second-order valence-electron chi connectivity index (χ2n) is 6.11. The van der Waals surface area contributed by atoms with Crippen LogP contribution >= 0.6 is 0 Å². The quantitative estimate of drug-likeness (QED) is 0.403. The van der Waals surface area contributed by atoms with Gasteiger partial charge in [-0.25, -0.2) is 4.79 Å². The number of nitrogens with one attached hydrogen (secondary N) is 1. The number of nitro groups is 1. The van der Waals surface area contributed by atoms with Crippen LogP contribution in [0.4, 0.5) is 5.69 Å². The van der Waals surface area contributed by atoms with Gasteiger partial charge in [-0.1, -0.05) is 48.9 Å². The molecule has 2 aromatic rings. The van der Waals surface area contributed by atoms with Gasteiger partial charge in [-0.15, -0.1) is 0 Å². The van der Waals surface area contributed by atoms with Gasteiger partial charge in [0.15, 0.2) is 19.0 Å². The van der Waals surface area contributed by atoms with E-state index in [1.54, 1.807) is 6.07 Å². The first-order chi connectivity index (χ1) is 13.4. The molecule has 0 fully saturated rings. The summed E-state index contributed by atoms with van der Waals surface area (Å²) in [5, 5.41) is 13.7. The number of hydrogen-bond acceptors (Lipinski definition) is 6. The molecule has 8 nitrogen and oxygen atoms in total. The fourth-order valence-electron chi connectivity index (χ4n) is 2.51. The molecule has 8 heteroatoms. The van der Waals surface area contributed by atoms with Crippen molar-refractivity contribution in [3.05, 3.63) is 69.8 Å². The first-order valence-electron chi connectivity index (χ1n) is 8.78. The third-order valence-electron chi connectivity index (χ3n) is 3.99. The summed E-state index contributed by atoms with van der Waals surface area (Å²) >= 11 is 0. The van der Waals surface area contributed by atoms with Crippen LogP contribution < -0.4 is 10.1 Å². The average Bonchev–Trinajstić information content (AvgIpc) is 2.69. The summed E-state index contributed by atoms with van der Waals surface area (Å²) in [6.07, 6.45) is 0.684. The van der Waals surface area contributed by atoms with Crippen molar-refractivity contribution >= 4 is 17.6 Å². The first-order valence-corrected chi connectivity index (χ1v) is 8.78. The van der Waals surface area contributed by atoms with E-state index in [0.29, 0.717) is 6.42 Å². The summed E-state index contributed by atoms with van der Waals surface area (Å²) in [6.45, 7) is 2.93. The monoisotopic (exact) mass is 386 g/mol. The minimum Gasteiger partial charge on any atom is -0.475 e. The van der Waals surface area contributed by atoms with Gasteiger partial charge in [-0.2, -0.15) is 0 Å². The fraction of sp³-hybridized carbons (Fsp3) is 0.300. The molecule has 0 aliphatic carbocycles. The molecular formula is C20H22N2O6. The molecule has 28 heavy (non-hydrogen) atoms. The normalized spacial score (nSPS) is 11.4. The predicted molar refractivity (Wildman–Crippen MR) is 102 cm³/mol. The van der Waals surface area contributed by atoms with Crippen molar-refractivity contribution in [2.75, 3.05) is 13.2 Å². The largest absolute Gasteiger partial charge is 0.475 e. The lowest BCUT2D eigenvalue weighted by molar-refractivity contribution is -0.385. The molecule has 0 aromatic heterocycles. The maximum absolute atomic E-state index is 12.1. The molecule has 0 heterocycles. The van der Waals surface area contributed by atoms with Gasteiger partial charge >= 0.3 is 11.7 Å². The number of benzene rings is 2. The first kappa shape index (κ1) is 20.9. The number of para-hydroxylation sites is 2. The Kier molecular flexibility index (Phi) is 7.50. The lowest BCUT2D eigenvalue weighted by atomic mass is 10.0. The van der Waals surface area contributed by atoms with Crippen LogP contribution in [-0.2, 0) is 14.3 Å². The van der Waals surface area contributed by atoms with E-state index in [1.807, 2.05) is 38.1 Å². The van der Waals surface area contributed by atoms with Crippen LogP contribution in [0, 0.1) is 17.0 Å². The number of carbonyl (C=O) groups is 2. The summed E-state index contributed by atoms with van der Waals surface area (Å²) in [5.74, 6) is -1.28.